The van der Waals surface area contributed by atoms with Crippen LogP contribution in [0, 0.1) is 0 Å². The Bertz CT molecular complexity index is 306. The summed E-state index contributed by atoms with van der Waals surface area (Å²) in [5, 5.41) is 7.73. The van der Waals surface area contributed by atoms with Crippen LogP contribution >= 0.6 is 0 Å². The summed E-state index contributed by atoms with van der Waals surface area (Å²) in [6.45, 7) is 3.10. The first-order valence-electron chi connectivity index (χ1n) is 4.52. The van der Waals surface area contributed by atoms with Crippen LogP contribution in [0.4, 0.5) is 5.82 Å². The van der Waals surface area contributed by atoms with Gasteiger partial charge in [0.25, 0.3) is 0 Å². The van der Waals surface area contributed by atoms with Crippen LogP contribution in [0.2, 0.25) is 0 Å². The van der Waals surface area contributed by atoms with Crippen LogP contribution in [-0.4, -0.2) is 42.8 Å². The second-order valence-electron chi connectivity index (χ2n) is 3.03. The fourth-order valence-corrected chi connectivity index (χ4v) is 1.36. The van der Waals surface area contributed by atoms with Crippen LogP contribution in [0.3, 0.4) is 0 Å². The summed E-state index contributed by atoms with van der Waals surface area (Å²) in [7, 11) is 0. The Kier molecular flexibility index (Phi) is 2.69. The molecule has 0 radical (unpaired) electrons. The maximum atomic E-state index is 10.4. The number of hydrogen-bond donors (Lipinski definition) is 0. The fourth-order valence-electron chi connectivity index (χ4n) is 1.36. The van der Waals surface area contributed by atoms with Crippen LogP contribution < -0.4 is 4.90 Å². The lowest BCUT2D eigenvalue weighted by Gasteiger charge is -2.27. The smallest absolute Gasteiger partial charge is 0.170 e. The van der Waals surface area contributed by atoms with Gasteiger partial charge in [0.15, 0.2) is 12.1 Å². The quantitative estimate of drug-likeness (QED) is 0.625. The van der Waals surface area contributed by atoms with E-state index >= 15 is 0 Å². The molecule has 0 spiro atoms. The Balaban J connectivity index is 2.11. The van der Waals surface area contributed by atoms with Crippen molar-refractivity contribution >= 4 is 12.1 Å². The molecular formula is C9H11N3O2. The highest BCUT2D eigenvalue weighted by Gasteiger charge is 2.12. The number of carbonyl (C=O) groups excluding carboxylic acids is 1. The molecule has 2 heterocycles. The fraction of sp³-hybridized carbons (Fsp3) is 0.444. The Labute approximate surface area is 81.7 Å². The van der Waals surface area contributed by atoms with Crippen LogP contribution in [0.5, 0.6) is 0 Å². The van der Waals surface area contributed by atoms with E-state index in [1.807, 2.05) is 6.07 Å². The van der Waals surface area contributed by atoms with Gasteiger partial charge >= 0.3 is 0 Å². The molecule has 5 nitrogen and oxygen atoms in total. The van der Waals surface area contributed by atoms with Crippen molar-refractivity contribution in [2.75, 3.05) is 31.2 Å². The lowest BCUT2D eigenvalue weighted by molar-refractivity contribution is 0.111. The van der Waals surface area contributed by atoms with E-state index in [4.69, 9.17) is 4.74 Å². The van der Waals surface area contributed by atoms with Crippen molar-refractivity contribution in [1.29, 1.82) is 0 Å². The summed E-state index contributed by atoms with van der Waals surface area (Å²) in [6, 6.07) is 3.48. The molecule has 1 aliphatic rings. The average Bonchev–Trinajstić information content (AvgIpc) is 2.30. The Morgan fingerprint density at radius 2 is 2.07 bits per heavy atom. The van der Waals surface area contributed by atoms with Gasteiger partial charge in [0.05, 0.1) is 13.2 Å². The van der Waals surface area contributed by atoms with E-state index in [0.717, 1.165) is 32.1 Å². The molecule has 1 aliphatic heterocycles. The molecule has 0 aliphatic carbocycles. The van der Waals surface area contributed by atoms with Crippen molar-refractivity contribution < 1.29 is 9.53 Å². The molecule has 74 valence electrons. The molecular weight excluding hydrogens is 182 g/mol. The summed E-state index contributed by atoms with van der Waals surface area (Å²) < 4.78 is 5.22. The van der Waals surface area contributed by atoms with Gasteiger partial charge in [-0.2, -0.15) is 0 Å². The minimum atomic E-state index is 0.363. The van der Waals surface area contributed by atoms with E-state index in [1.54, 1.807) is 6.07 Å². The number of nitrogens with zero attached hydrogens (tertiary/aromatic N) is 3. The normalized spacial score (nSPS) is 16.7. The number of aldehydes is 1. The monoisotopic (exact) mass is 193 g/mol. The maximum Gasteiger partial charge on any atom is 0.170 e. The summed E-state index contributed by atoms with van der Waals surface area (Å²) in [5.41, 5.74) is 0.363. The molecule has 0 bridgehead atoms. The van der Waals surface area contributed by atoms with Crippen molar-refractivity contribution in [3.63, 3.8) is 0 Å². The average molecular weight is 193 g/mol. The Morgan fingerprint density at radius 3 is 2.64 bits per heavy atom. The second kappa shape index (κ2) is 4.15. The van der Waals surface area contributed by atoms with E-state index in [0.29, 0.717) is 12.0 Å². The highest BCUT2D eigenvalue weighted by Crippen LogP contribution is 2.10. The number of aromatic nitrogens is 2. The van der Waals surface area contributed by atoms with Crippen molar-refractivity contribution in [3.8, 4) is 0 Å². The number of anilines is 1. The predicted octanol–water partition coefficient (Wildman–Crippen LogP) is 0.126. The topological polar surface area (TPSA) is 55.3 Å². The first-order chi connectivity index (χ1) is 6.90. The van der Waals surface area contributed by atoms with Gasteiger partial charge in [-0.1, -0.05) is 0 Å². The molecule has 1 aromatic heterocycles. The van der Waals surface area contributed by atoms with Crippen LogP contribution in [-0.2, 0) is 4.74 Å². The summed E-state index contributed by atoms with van der Waals surface area (Å²) in [5.74, 6) is 0.805. The highest BCUT2D eigenvalue weighted by molar-refractivity contribution is 5.71. The van der Waals surface area contributed by atoms with E-state index in [2.05, 4.69) is 15.1 Å². The summed E-state index contributed by atoms with van der Waals surface area (Å²) >= 11 is 0. The lowest BCUT2D eigenvalue weighted by Crippen LogP contribution is -2.36. The van der Waals surface area contributed by atoms with Gasteiger partial charge in [-0.15, -0.1) is 10.2 Å². The second-order valence-corrected chi connectivity index (χ2v) is 3.03. The number of hydrogen-bond acceptors (Lipinski definition) is 5. The molecule has 0 atom stereocenters. The third kappa shape index (κ3) is 1.88. The molecule has 1 fully saturated rings. The molecule has 1 aromatic rings. The minimum Gasteiger partial charge on any atom is -0.378 e. The van der Waals surface area contributed by atoms with E-state index in [-0.39, 0.29) is 0 Å². The number of rotatable bonds is 2. The van der Waals surface area contributed by atoms with Gasteiger partial charge in [-0.25, -0.2) is 0 Å². The van der Waals surface area contributed by atoms with Gasteiger partial charge in [-0.3, -0.25) is 4.79 Å². The number of carbonyl (C=O) groups is 1. The largest absolute Gasteiger partial charge is 0.378 e. The molecule has 0 amide bonds. The van der Waals surface area contributed by atoms with Crippen molar-refractivity contribution in [2.45, 2.75) is 0 Å². The third-order valence-electron chi connectivity index (χ3n) is 2.13. The van der Waals surface area contributed by atoms with Gasteiger partial charge in [-0.05, 0) is 12.1 Å². The molecule has 0 unspecified atom stereocenters. The first kappa shape index (κ1) is 9.08. The molecule has 0 N–H and O–H groups in total. The van der Waals surface area contributed by atoms with Crippen molar-refractivity contribution in [2.24, 2.45) is 0 Å². The van der Waals surface area contributed by atoms with E-state index < -0.39 is 0 Å². The molecule has 0 saturated carbocycles. The third-order valence-corrected chi connectivity index (χ3v) is 2.13. The van der Waals surface area contributed by atoms with Gasteiger partial charge in [0, 0.05) is 13.1 Å². The van der Waals surface area contributed by atoms with E-state index in [9.17, 15) is 4.79 Å². The molecule has 1 saturated heterocycles. The zero-order chi connectivity index (χ0) is 9.80. The van der Waals surface area contributed by atoms with Crippen LogP contribution in [0.15, 0.2) is 12.1 Å². The first-order valence-corrected chi connectivity index (χ1v) is 4.52. The Hall–Kier alpha value is -1.49. The van der Waals surface area contributed by atoms with Gasteiger partial charge < -0.3 is 9.64 Å². The maximum absolute atomic E-state index is 10.4. The van der Waals surface area contributed by atoms with Crippen LogP contribution in [0.25, 0.3) is 0 Å². The standard InChI is InChI=1S/C9H11N3O2/c13-7-8-1-2-9(11-10-8)12-3-5-14-6-4-12/h1-2,7H,3-6H2. The number of ether oxygens (including phenoxy) is 1. The molecule has 0 aromatic carbocycles. The highest BCUT2D eigenvalue weighted by atomic mass is 16.5. The van der Waals surface area contributed by atoms with Gasteiger partial charge in [0.2, 0.25) is 0 Å². The van der Waals surface area contributed by atoms with E-state index in [1.165, 1.54) is 0 Å². The SMILES string of the molecule is O=Cc1ccc(N2CCOCC2)nn1. The predicted molar refractivity (Wildman–Crippen MR) is 50.5 cm³/mol. The summed E-state index contributed by atoms with van der Waals surface area (Å²) in [6.07, 6.45) is 0.691. The zero-order valence-electron chi connectivity index (χ0n) is 7.72. The van der Waals surface area contributed by atoms with Crippen molar-refractivity contribution in [1.82, 2.24) is 10.2 Å². The Morgan fingerprint density at radius 1 is 1.29 bits per heavy atom. The molecule has 2 rings (SSSR count). The molecule has 5 heteroatoms. The lowest BCUT2D eigenvalue weighted by atomic mass is 10.3. The van der Waals surface area contributed by atoms with Gasteiger partial charge in [0.1, 0.15) is 5.69 Å². The van der Waals surface area contributed by atoms with Crippen molar-refractivity contribution in [3.05, 3.63) is 17.8 Å². The molecule has 14 heavy (non-hydrogen) atoms. The zero-order valence-corrected chi connectivity index (χ0v) is 7.72. The minimum absolute atomic E-state index is 0.363. The number of morpholine rings is 1. The summed E-state index contributed by atoms with van der Waals surface area (Å²) in [4.78, 5) is 12.4. The van der Waals surface area contributed by atoms with Crippen LogP contribution in [0.1, 0.15) is 10.5 Å².